The quantitative estimate of drug-likeness (QED) is 0.842. The topological polar surface area (TPSA) is 106 Å². The van der Waals surface area contributed by atoms with E-state index in [1.54, 1.807) is 12.1 Å². The number of hydrogen-bond acceptors (Lipinski definition) is 7. The van der Waals surface area contributed by atoms with Crippen molar-refractivity contribution in [2.45, 2.75) is 6.42 Å². The van der Waals surface area contributed by atoms with Crippen LogP contribution in [0, 0.1) is 5.92 Å². The number of aromatic hydroxyl groups is 1. The third-order valence-corrected chi connectivity index (χ3v) is 3.42. The van der Waals surface area contributed by atoms with Crippen molar-refractivity contribution in [1.82, 2.24) is 10.2 Å². The molecule has 3 rings (SSSR count). The van der Waals surface area contributed by atoms with Gasteiger partial charge < -0.3 is 14.3 Å². The molecule has 8 nitrogen and oxygen atoms in total. The number of carbonyl (C=O) groups excluding carboxylic acids is 2. The Bertz CT molecular complexity index is 710. The maximum atomic E-state index is 12.0. The molecule has 1 fully saturated rings. The van der Waals surface area contributed by atoms with Crippen molar-refractivity contribution in [2.75, 3.05) is 18.6 Å². The van der Waals surface area contributed by atoms with Gasteiger partial charge in [0.05, 0.1) is 13.0 Å². The second-order valence-electron chi connectivity index (χ2n) is 4.87. The van der Waals surface area contributed by atoms with Gasteiger partial charge in [0.25, 0.3) is 0 Å². The second-order valence-corrected chi connectivity index (χ2v) is 4.87. The van der Waals surface area contributed by atoms with E-state index in [9.17, 15) is 14.7 Å². The molecule has 1 aromatic heterocycles. The van der Waals surface area contributed by atoms with Crippen LogP contribution in [0.5, 0.6) is 5.75 Å². The van der Waals surface area contributed by atoms with Gasteiger partial charge in [0.1, 0.15) is 5.75 Å². The average molecular weight is 303 g/mol. The number of amides is 1. The molecule has 2 heterocycles. The molecule has 2 aromatic rings. The van der Waals surface area contributed by atoms with Crippen LogP contribution in [0.3, 0.4) is 0 Å². The molecule has 114 valence electrons. The highest BCUT2D eigenvalue weighted by Gasteiger charge is 2.38. The Balaban J connectivity index is 1.80. The van der Waals surface area contributed by atoms with E-state index < -0.39 is 11.9 Å². The molecule has 0 radical (unpaired) electrons. The van der Waals surface area contributed by atoms with Crippen LogP contribution >= 0.6 is 0 Å². The molecule has 1 atom stereocenters. The predicted molar refractivity (Wildman–Crippen MR) is 73.9 cm³/mol. The first-order chi connectivity index (χ1) is 10.6. The average Bonchev–Trinajstić information content (AvgIpc) is 3.14. The molecule has 1 saturated heterocycles. The molecule has 1 aromatic carbocycles. The number of hydrogen-bond donors (Lipinski definition) is 1. The lowest BCUT2D eigenvalue weighted by Crippen LogP contribution is -2.26. The molecule has 0 spiro atoms. The SMILES string of the molecule is COC(=O)C1CC(=O)N(c2nnc(-c3ccc(O)cc3)o2)C1. The summed E-state index contributed by atoms with van der Waals surface area (Å²) in [6.45, 7) is 0.155. The van der Waals surface area contributed by atoms with Gasteiger partial charge in [-0.25, -0.2) is 0 Å². The zero-order valence-corrected chi connectivity index (χ0v) is 11.7. The molecular formula is C14H13N3O5. The lowest BCUT2D eigenvalue weighted by Gasteiger charge is -2.09. The Morgan fingerprint density at radius 3 is 2.77 bits per heavy atom. The number of methoxy groups -OCH3 is 1. The Kier molecular flexibility index (Phi) is 3.50. The standard InChI is InChI=1S/C14H13N3O5/c1-21-13(20)9-6-11(19)17(7-9)14-16-15-12(22-14)8-2-4-10(18)5-3-8/h2-5,9,18H,6-7H2,1H3. The highest BCUT2D eigenvalue weighted by atomic mass is 16.5. The number of esters is 1. The first-order valence-electron chi connectivity index (χ1n) is 6.59. The summed E-state index contributed by atoms with van der Waals surface area (Å²) in [6.07, 6.45) is 0.0591. The van der Waals surface area contributed by atoms with Crippen LogP contribution in [0.1, 0.15) is 6.42 Å². The number of anilines is 1. The molecule has 0 bridgehead atoms. The lowest BCUT2D eigenvalue weighted by atomic mass is 10.1. The van der Waals surface area contributed by atoms with Crippen molar-refractivity contribution < 1.29 is 23.8 Å². The normalized spacial score (nSPS) is 17.8. The van der Waals surface area contributed by atoms with Gasteiger partial charge in [0.15, 0.2) is 0 Å². The second kappa shape index (κ2) is 5.47. The number of nitrogens with zero attached hydrogens (tertiary/aromatic N) is 3. The summed E-state index contributed by atoms with van der Waals surface area (Å²) in [7, 11) is 1.28. The van der Waals surface area contributed by atoms with Crippen LogP contribution in [-0.2, 0) is 14.3 Å². The van der Waals surface area contributed by atoms with Gasteiger partial charge in [0.2, 0.25) is 11.8 Å². The van der Waals surface area contributed by atoms with E-state index in [0.29, 0.717) is 5.56 Å². The molecule has 1 amide bonds. The number of aromatic nitrogens is 2. The van der Waals surface area contributed by atoms with Gasteiger partial charge in [-0.05, 0) is 24.3 Å². The van der Waals surface area contributed by atoms with Crippen LogP contribution in [0.2, 0.25) is 0 Å². The Hall–Kier alpha value is -2.90. The number of ether oxygens (including phenoxy) is 1. The van der Waals surface area contributed by atoms with Gasteiger partial charge >= 0.3 is 12.0 Å². The van der Waals surface area contributed by atoms with Crippen LogP contribution in [-0.4, -0.2) is 40.8 Å². The molecule has 1 aliphatic rings. The molecule has 0 saturated carbocycles. The Morgan fingerprint density at radius 2 is 2.09 bits per heavy atom. The predicted octanol–water partition coefficient (Wildman–Crippen LogP) is 0.968. The highest BCUT2D eigenvalue weighted by Crippen LogP contribution is 2.28. The fraction of sp³-hybridized carbons (Fsp3) is 0.286. The van der Waals surface area contributed by atoms with E-state index in [4.69, 9.17) is 4.42 Å². The van der Waals surface area contributed by atoms with Crippen LogP contribution in [0.25, 0.3) is 11.5 Å². The summed E-state index contributed by atoms with van der Waals surface area (Å²) in [6, 6.07) is 6.27. The van der Waals surface area contributed by atoms with Crippen molar-refractivity contribution in [3.63, 3.8) is 0 Å². The molecule has 1 unspecified atom stereocenters. The summed E-state index contributed by atoms with van der Waals surface area (Å²) >= 11 is 0. The number of carbonyl (C=O) groups is 2. The van der Waals surface area contributed by atoms with E-state index in [0.717, 1.165) is 0 Å². The summed E-state index contributed by atoms with van der Waals surface area (Å²) in [5, 5.41) is 17.0. The summed E-state index contributed by atoms with van der Waals surface area (Å²) in [5.74, 6) is -0.879. The van der Waals surface area contributed by atoms with Gasteiger partial charge in [-0.2, -0.15) is 0 Å². The van der Waals surface area contributed by atoms with E-state index >= 15 is 0 Å². The van der Waals surface area contributed by atoms with E-state index in [1.807, 2.05) is 0 Å². The molecule has 0 aliphatic carbocycles. The minimum atomic E-state index is -0.526. The van der Waals surface area contributed by atoms with Crippen LogP contribution in [0.15, 0.2) is 28.7 Å². The maximum Gasteiger partial charge on any atom is 0.325 e. The number of phenolic OH excluding ortho intramolecular Hbond substituents is 1. The van der Waals surface area contributed by atoms with Crippen LogP contribution in [0.4, 0.5) is 6.01 Å². The first kappa shape index (κ1) is 14.1. The summed E-state index contributed by atoms with van der Waals surface area (Å²) < 4.78 is 10.1. The largest absolute Gasteiger partial charge is 0.508 e. The van der Waals surface area contributed by atoms with E-state index in [1.165, 1.54) is 24.1 Å². The van der Waals surface area contributed by atoms with E-state index in [-0.39, 0.29) is 36.5 Å². The fourth-order valence-corrected chi connectivity index (χ4v) is 2.26. The minimum absolute atomic E-state index is 0.0412. The van der Waals surface area contributed by atoms with Crippen molar-refractivity contribution in [3.05, 3.63) is 24.3 Å². The van der Waals surface area contributed by atoms with Crippen molar-refractivity contribution in [2.24, 2.45) is 5.92 Å². The number of benzene rings is 1. The third kappa shape index (κ3) is 2.50. The molecule has 1 aliphatic heterocycles. The van der Waals surface area contributed by atoms with Crippen LogP contribution < -0.4 is 4.90 Å². The first-order valence-corrected chi connectivity index (χ1v) is 6.59. The van der Waals surface area contributed by atoms with Gasteiger partial charge in [-0.1, -0.05) is 5.10 Å². The van der Waals surface area contributed by atoms with Gasteiger partial charge in [0, 0.05) is 18.5 Å². The smallest absolute Gasteiger partial charge is 0.325 e. The Labute approximate surface area is 125 Å². The van der Waals surface area contributed by atoms with E-state index in [2.05, 4.69) is 14.9 Å². The zero-order chi connectivity index (χ0) is 15.7. The maximum absolute atomic E-state index is 12.0. The van der Waals surface area contributed by atoms with Crippen molar-refractivity contribution in [1.29, 1.82) is 0 Å². The number of phenols is 1. The van der Waals surface area contributed by atoms with Crippen molar-refractivity contribution in [3.8, 4) is 17.2 Å². The summed E-state index contributed by atoms with van der Waals surface area (Å²) in [4.78, 5) is 24.7. The monoisotopic (exact) mass is 303 g/mol. The number of rotatable bonds is 3. The zero-order valence-electron chi connectivity index (χ0n) is 11.7. The third-order valence-electron chi connectivity index (χ3n) is 3.42. The lowest BCUT2D eigenvalue weighted by molar-refractivity contribution is -0.145. The van der Waals surface area contributed by atoms with Crippen molar-refractivity contribution >= 4 is 17.9 Å². The molecule has 1 N–H and O–H groups in total. The highest BCUT2D eigenvalue weighted by molar-refractivity contribution is 5.97. The molecular weight excluding hydrogens is 290 g/mol. The molecule has 22 heavy (non-hydrogen) atoms. The Morgan fingerprint density at radius 1 is 1.36 bits per heavy atom. The molecule has 8 heteroatoms. The fourth-order valence-electron chi connectivity index (χ4n) is 2.26. The van der Waals surface area contributed by atoms with Gasteiger partial charge in [-0.3, -0.25) is 14.5 Å². The van der Waals surface area contributed by atoms with Gasteiger partial charge in [-0.15, -0.1) is 5.10 Å². The summed E-state index contributed by atoms with van der Waals surface area (Å²) in [5.41, 5.74) is 0.618. The minimum Gasteiger partial charge on any atom is -0.508 e.